The van der Waals surface area contributed by atoms with Gasteiger partial charge in [-0.2, -0.15) is 0 Å². The number of nitrogens with two attached hydrogens (primary N) is 1. The van der Waals surface area contributed by atoms with E-state index in [0.717, 1.165) is 6.54 Å². The van der Waals surface area contributed by atoms with Gasteiger partial charge in [0.05, 0.1) is 0 Å². The smallest absolute Gasteiger partial charge is 0.726 e. The predicted octanol–water partition coefficient (Wildman–Crippen LogP) is -0.918. The Balaban J connectivity index is -0.0000000800. The van der Waals surface area contributed by atoms with Gasteiger partial charge in [0.25, 0.3) is 0 Å². The zero-order valence-electron chi connectivity index (χ0n) is 5.36. The monoisotopic (exact) mass is 143 g/mol. The van der Waals surface area contributed by atoms with Crippen LogP contribution in [0.1, 0.15) is 8.35 Å². The highest BCUT2D eigenvalue weighted by Gasteiger charge is 1.67. The molecule has 8 heavy (non-hydrogen) atoms. The molecule has 0 aliphatic rings. The zero-order chi connectivity index (χ0) is 7.21. The van der Waals surface area contributed by atoms with Crippen molar-refractivity contribution < 1.29 is 18.9 Å². The van der Waals surface area contributed by atoms with E-state index in [1.807, 2.05) is 6.92 Å². The number of rotatable bonds is 0. The first-order valence-electron chi connectivity index (χ1n) is 1.80. The molecular weight excluding hydrogens is 134 g/mol. The average Bonchev–Trinajstić information content (AvgIpc) is 1.27. The van der Waals surface area contributed by atoms with Gasteiger partial charge in [0.1, 0.15) is 0 Å². The Labute approximate surface area is 49.6 Å². The van der Waals surface area contributed by atoms with Crippen molar-refractivity contribution in [3.8, 4) is 0 Å². The number of hydrogen-bond donors (Lipinski definition) is 2. The van der Waals surface area contributed by atoms with Crippen molar-refractivity contribution in [2.75, 3.05) is 6.54 Å². The molecule has 0 atom stereocenters. The standard InChI is InChI=1S/C2H7N.H2O4S/c1-2-3;1-5(2,3)4/h2-3H2,1H3;(H2,1,2,3,4). The first-order valence-corrected chi connectivity index (χ1v) is 3.16. The maximum Gasteiger partial charge on any atom is 1.00 e. The largest absolute Gasteiger partial charge is 1.00 e. The molecule has 0 aromatic carbocycles. The zero-order valence-corrected chi connectivity index (χ0v) is 5.18. The van der Waals surface area contributed by atoms with Gasteiger partial charge in [-0.25, -0.2) is 8.42 Å². The summed E-state index contributed by atoms with van der Waals surface area (Å²) in [5.74, 6) is 0. The van der Waals surface area contributed by atoms with Gasteiger partial charge in [0.15, 0.2) is 0 Å². The summed E-state index contributed by atoms with van der Waals surface area (Å²) in [6, 6.07) is 0. The first-order chi connectivity index (χ1) is 3.41. The van der Waals surface area contributed by atoms with Gasteiger partial charge in [-0.05, 0) is 6.54 Å². The van der Waals surface area contributed by atoms with Gasteiger partial charge in [-0.15, -0.1) is 0 Å². The topological polar surface area (TPSA) is 103 Å². The second-order valence-electron chi connectivity index (χ2n) is 0.836. The van der Waals surface area contributed by atoms with Crippen molar-refractivity contribution in [2.24, 2.45) is 5.73 Å². The molecule has 0 bridgehead atoms. The second-order valence-corrected chi connectivity index (χ2v) is 1.69. The van der Waals surface area contributed by atoms with E-state index in [-0.39, 0.29) is 1.43 Å². The van der Waals surface area contributed by atoms with Crippen molar-refractivity contribution in [2.45, 2.75) is 6.92 Å². The fraction of sp³-hybridized carbons (Fsp3) is 1.00. The normalized spacial score (nSPS) is 9.50. The molecule has 52 valence electrons. The van der Waals surface area contributed by atoms with E-state index in [0.29, 0.717) is 0 Å². The lowest BCUT2D eigenvalue weighted by molar-refractivity contribution is 0.366. The van der Waals surface area contributed by atoms with Crippen LogP contribution in [0.15, 0.2) is 0 Å². The first kappa shape index (κ1) is 10.7. The van der Waals surface area contributed by atoms with Crippen LogP contribution in [0.25, 0.3) is 0 Å². The Bertz CT molecular complexity index is 113. The quantitative estimate of drug-likeness (QED) is 0.337. The summed E-state index contributed by atoms with van der Waals surface area (Å²) in [6.45, 7) is 2.65. The van der Waals surface area contributed by atoms with Crippen LogP contribution in [0.4, 0.5) is 0 Å². The van der Waals surface area contributed by atoms with Crippen molar-refractivity contribution >= 4 is 10.4 Å². The van der Waals surface area contributed by atoms with Crippen molar-refractivity contribution in [1.82, 2.24) is 0 Å². The molecular formula is C2H9NO4S. The molecule has 0 aliphatic heterocycles. The van der Waals surface area contributed by atoms with E-state index in [1.54, 1.807) is 0 Å². The lowest BCUT2D eigenvalue weighted by atomic mass is 10.8. The molecule has 0 saturated carbocycles. The number of hydrogen-bond acceptors (Lipinski definition) is 4. The van der Waals surface area contributed by atoms with E-state index < -0.39 is 10.4 Å². The lowest BCUT2D eigenvalue weighted by Gasteiger charge is -1.88. The lowest BCUT2D eigenvalue weighted by Crippen LogP contribution is -1.90. The highest BCUT2D eigenvalue weighted by atomic mass is 32.3. The fourth-order valence-corrected chi connectivity index (χ4v) is 0. The van der Waals surface area contributed by atoms with Gasteiger partial charge < -0.3 is 10.3 Å². The summed E-state index contributed by atoms with van der Waals surface area (Å²) in [5.41, 5.74) is 4.85. The summed E-state index contributed by atoms with van der Waals surface area (Å²) in [5, 5.41) is 0. The highest BCUT2D eigenvalue weighted by Crippen LogP contribution is 1.58. The molecule has 0 amide bonds. The Kier molecular flexibility index (Phi) is 6.68. The molecule has 5 nitrogen and oxygen atoms in total. The second kappa shape index (κ2) is 4.98. The van der Waals surface area contributed by atoms with Crippen LogP contribution in [-0.2, 0) is 10.4 Å². The Morgan fingerprint density at radius 1 is 1.88 bits per heavy atom. The molecule has 0 spiro atoms. The van der Waals surface area contributed by atoms with Crippen LogP contribution < -0.4 is 5.73 Å². The van der Waals surface area contributed by atoms with E-state index >= 15 is 0 Å². The highest BCUT2D eigenvalue weighted by molar-refractivity contribution is 7.79. The molecule has 3 N–H and O–H groups in total. The summed E-state index contributed by atoms with van der Waals surface area (Å²) < 4.78 is 32.8. The maximum atomic E-state index is 8.63. The van der Waals surface area contributed by atoms with E-state index in [9.17, 15) is 0 Å². The summed E-state index contributed by atoms with van der Waals surface area (Å²) in [7, 11) is -4.92. The fourth-order valence-electron chi connectivity index (χ4n) is 0. The van der Waals surface area contributed by atoms with Crippen LogP contribution in [0, 0.1) is 0 Å². The third-order valence-electron chi connectivity index (χ3n) is 0. The van der Waals surface area contributed by atoms with Gasteiger partial charge in [-0.3, -0.25) is 4.55 Å². The van der Waals surface area contributed by atoms with E-state index in [1.165, 1.54) is 0 Å². The predicted molar refractivity (Wildman–Crippen MR) is 28.2 cm³/mol. The molecule has 0 aliphatic carbocycles. The van der Waals surface area contributed by atoms with Crippen LogP contribution in [0.5, 0.6) is 0 Å². The van der Waals surface area contributed by atoms with Crippen LogP contribution in [-0.4, -0.2) is 24.1 Å². The Morgan fingerprint density at radius 2 is 1.88 bits per heavy atom. The molecule has 0 unspecified atom stereocenters. The van der Waals surface area contributed by atoms with E-state index in [2.05, 4.69) is 0 Å². The maximum absolute atomic E-state index is 8.63. The molecule has 0 aromatic heterocycles. The molecule has 0 fully saturated rings. The minimum Gasteiger partial charge on any atom is -0.726 e. The minimum absolute atomic E-state index is 0. The van der Waals surface area contributed by atoms with Gasteiger partial charge >= 0.3 is 1.43 Å². The molecule has 0 rings (SSSR count). The van der Waals surface area contributed by atoms with Crippen LogP contribution in [0.2, 0.25) is 0 Å². The van der Waals surface area contributed by atoms with Crippen LogP contribution in [0.3, 0.4) is 0 Å². The van der Waals surface area contributed by atoms with Crippen LogP contribution >= 0.6 is 0 Å². The molecule has 0 radical (unpaired) electrons. The molecule has 0 saturated heterocycles. The van der Waals surface area contributed by atoms with Gasteiger partial charge in [-0.1, -0.05) is 6.92 Å². The minimum atomic E-state index is -4.92. The molecule has 0 heterocycles. The average molecular weight is 143 g/mol. The summed E-state index contributed by atoms with van der Waals surface area (Å²) >= 11 is 0. The third-order valence-corrected chi connectivity index (χ3v) is 0. The summed E-state index contributed by atoms with van der Waals surface area (Å²) in [4.78, 5) is 0. The molecule has 6 heteroatoms. The van der Waals surface area contributed by atoms with Gasteiger partial charge in [0, 0.05) is 0 Å². The Morgan fingerprint density at radius 3 is 1.88 bits per heavy atom. The van der Waals surface area contributed by atoms with Crippen molar-refractivity contribution in [3.05, 3.63) is 0 Å². The SMILES string of the molecule is CCN.O=S(=O)([O-])O.[H+]. The van der Waals surface area contributed by atoms with Crippen molar-refractivity contribution in [3.63, 3.8) is 0 Å². The Hall–Kier alpha value is -0.170. The summed E-state index contributed by atoms with van der Waals surface area (Å²) in [6.07, 6.45) is 0. The van der Waals surface area contributed by atoms with Gasteiger partial charge in [0.2, 0.25) is 10.4 Å². The molecule has 0 aromatic rings. The van der Waals surface area contributed by atoms with Crippen molar-refractivity contribution in [1.29, 1.82) is 0 Å². The third kappa shape index (κ3) is 4710. The van der Waals surface area contributed by atoms with E-state index in [4.69, 9.17) is 23.3 Å².